The maximum absolute atomic E-state index is 12.6. The number of methoxy groups -OCH3 is 1. The summed E-state index contributed by atoms with van der Waals surface area (Å²) in [4.78, 5) is 18.0. The number of nitrogens with zero attached hydrogens (tertiary/aromatic N) is 4. The third-order valence-corrected chi connectivity index (χ3v) is 6.36. The smallest absolute Gasteiger partial charge is 0.239 e. The van der Waals surface area contributed by atoms with Crippen molar-refractivity contribution in [2.75, 3.05) is 12.4 Å². The zero-order valence-corrected chi connectivity index (χ0v) is 18.1. The van der Waals surface area contributed by atoms with Gasteiger partial charge in [-0.2, -0.15) is 0 Å². The molecule has 2 heterocycles. The number of benzene rings is 1. The molecule has 1 atom stereocenters. The van der Waals surface area contributed by atoms with Crippen molar-refractivity contribution < 1.29 is 9.53 Å². The summed E-state index contributed by atoms with van der Waals surface area (Å²) in [6, 6.07) is 7.70. The van der Waals surface area contributed by atoms with Crippen molar-refractivity contribution >= 4 is 34.1 Å². The van der Waals surface area contributed by atoms with Crippen LogP contribution in [0.25, 0.3) is 11.4 Å². The highest BCUT2D eigenvalue weighted by Crippen LogP contribution is 2.32. The number of carbonyl (C=O) groups is 1. The number of thioether (sulfide) groups is 1. The molecular weight excluding hydrogens is 394 g/mol. The Morgan fingerprint density at radius 2 is 2.07 bits per heavy atom. The number of hydrogen-bond acceptors (Lipinski definition) is 7. The Labute approximate surface area is 172 Å². The van der Waals surface area contributed by atoms with Crippen LogP contribution in [0.2, 0.25) is 0 Å². The average molecular weight is 418 g/mol. The molecule has 3 rings (SSSR count). The highest BCUT2D eigenvalue weighted by molar-refractivity contribution is 8.00. The largest absolute Gasteiger partial charge is 0.496 e. The van der Waals surface area contributed by atoms with E-state index >= 15 is 0 Å². The molecule has 0 aliphatic rings. The number of aryl methyl sites for hydroxylation is 2. The van der Waals surface area contributed by atoms with Gasteiger partial charge in [0.05, 0.1) is 23.6 Å². The van der Waals surface area contributed by atoms with Crippen LogP contribution in [0.4, 0.5) is 5.13 Å². The molecular formula is C19H23N5O2S2. The van der Waals surface area contributed by atoms with Gasteiger partial charge in [0.25, 0.3) is 0 Å². The van der Waals surface area contributed by atoms with Gasteiger partial charge in [0.2, 0.25) is 5.91 Å². The van der Waals surface area contributed by atoms with Gasteiger partial charge in [0.1, 0.15) is 5.75 Å². The Morgan fingerprint density at radius 1 is 1.32 bits per heavy atom. The quantitative estimate of drug-likeness (QED) is 0.581. The first-order chi connectivity index (χ1) is 13.4. The van der Waals surface area contributed by atoms with Crippen molar-refractivity contribution in [3.05, 3.63) is 34.8 Å². The number of thiazole rings is 1. The Balaban J connectivity index is 1.78. The van der Waals surface area contributed by atoms with Gasteiger partial charge in [-0.05, 0) is 39.8 Å². The average Bonchev–Trinajstić information content (AvgIpc) is 3.23. The summed E-state index contributed by atoms with van der Waals surface area (Å²) in [5.74, 6) is 1.35. The van der Waals surface area contributed by atoms with Crippen LogP contribution in [-0.4, -0.2) is 38.0 Å². The summed E-state index contributed by atoms with van der Waals surface area (Å²) in [5.41, 5.74) is 1.81. The summed E-state index contributed by atoms with van der Waals surface area (Å²) in [6.07, 6.45) is 0. The number of aromatic nitrogens is 4. The van der Waals surface area contributed by atoms with E-state index in [0.717, 1.165) is 27.7 Å². The molecule has 7 nitrogen and oxygen atoms in total. The summed E-state index contributed by atoms with van der Waals surface area (Å²) < 4.78 is 7.44. The fourth-order valence-corrected chi connectivity index (χ4v) is 4.36. The molecule has 1 unspecified atom stereocenters. The number of carbonyl (C=O) groups excluding carboxylic acids is 1. The van der Waals surface area contributed by atoms with Gasteiger partial charge in [-0.1, -0.05) is 23.9 Å². The van der Waals surface area contributed by atoms with Crippen LogP contribution < -0.4 is 10.1 Å². The van der Waals surface area contributed by atoms with Gasteiger partial charge in [-0.3, -0.25) is 4.79 Å². The monoisotopic (exact) mass is 417 g/mol. The van der Waals surface area contributed by atoms with Crippen LogP contribution in [0.3, 0.4) is 0 Å². The topological polar surface area (TPSA) is 81.9 Å². The van der Waals surface area contributed by atoms with E-state index in [1.165, 1.54) is 23.1 Å². The summed E-state index contributed by atoms with van der Waals surface area (Å²) in [5, 5.41) is 12.5. The minimum absolute atomic E-state index is 0.108. The first-order valence-electron chi connectivity index (χ1n) is 8.92. The van der Waals surface area contributed by atoms with Crippen LogP contribution >= 0.6 is 23.1 Å². The summed E-state index contributed by atoms with van der Waals surface area (Å²) in [6.45, 7) is 8.48. The van der Waals surface area contributed by atoms with Crippen molar-refractivity contribution in [2.45, 2.75) is 44.6 Å². The molecule has 0 radical (unpaired) electrons. The molecule has 9 heteroatoms. The van der Waals surface area contributed by atoms with Crippen LogP contribution in [0.1, 0.15) is 24.4 Å². The molecule has 1 N–H and O–H groups in total. The fourth-order valence-electron chi connectivity index (χ4n) is 2.63. The molecule has 0 saturated carbocycles. The number of anilines is 1. The molecule has 1 amide bonds. The molecule has 0 aliphatic heterocycles. The molecule has 0 fully saturated rings. The van der Waals surface area contributed by atoms with Gasteiger partial charge in [0.15, 0.2) is 16.1 Å². The van der Waals surface area contributed by atoms with Crippen molar-refractivity contribution in [2.24, 2.45) is 0 Å². The fraction of sp³-hybridized carbons (Fsp3) is 0.368. The van der Waals surface area contributed by atoms with Crippen molar-refractivity contribution in [1.82, 2.24) is 19.7 Å². The minimum atomic E-state index is -0.343. The standard InChI is InChI=1S/C19H23N5O2S2/c1-6-24-16(14-9-7-8-10-15(14)26-5)22-23-19(24)28-13(4)17(25)21-18-20-11(2)12(3)27-18/h7-10,13H,6H2,1-5H3,(H,20,21,25). The van der Waals surface area contributed by atoms with Gasteiger partial charge >= 0.3 is 0 Å². The van der Waals surface area contributed by atoms with Crippen LogP contribution in [-0.2, 0) is 11.3 Å². The zero-order chi connectivity index (χ0) is 20.3. The maximum Gasteiger partial charge on any atom is 0.239 e. The molecule has 3 aromatic rings. The third-order valence-electron chi connectivity index (χ3n) is 4.29. The Morgan fingerprint density at radius 3 is 2.71 bits per heavy atom. The molecule has 0 bridgehead atoms. The Bertz CT molecular complexity index is 963. The summed E-state index contributed by atoms with van der Waals surface area (Å²) >= 11 is 2.86. The van der Waals surface area contributed by atoms with E-state index in [2.05, 4.69) is 20.5 Å². The number of para-hydroxylation sites is 1. The van der Waals surface area contributed by atoms with Crippen LogP contribution in [0, 0.1) is 13.8 Å². The number of nitrogens with one attached hydrogen (secondary N) is 1. The second-order valence-electron chi connectivity index (χ2n) is 6.16. The first-order valence-corrected chi connectivity index (χ1v) is 10.6. The molecule has 0 spiro atoms. The SMILES string of the molecule is CCn1c(SC(C)C(=O)Nc2nc(C)c(C)s2)nnc1-c1ccccc1OC. The molecule has 28 heavy (non-hydrogen) atoms. The van der Waals surface area contributed by atoms with Gasteiger partial charge in [-0.25, -0.2) is 4.98 Å². The van der Waals surface area contributed by atoms with E-state index in [9.17, 15) is 4.79 Å². The maximum atomic E-state index is 12.6. The lowest BCUT2D eigenvalue weighted by Crippen LogP contribution is -2.22. The third kappa shape index (κ3) is 4.20. The number of hydrogen-bond donors (Lipinski definition) is 1. The van der Waals surface area contributed by atoms with E-state index in [0.29, 0.717) is 16.8 Å². The normalized spacial score (nSPS) is 12.0. The van der Waals surface area contributed by atoms with Gasteiger partial charge in [0, 0.05) is 11.4 Å². The lowest BCUT2D eigenvalue weighted by Gasteiger charge is -2.12. The minimum Gasteiger partial charge on any atom is -0.496 e. The highest BCUT2D eigenvalue weighted by Gasteiger charge is 2.22. The van der Waals surface area contributed by atoms with Crippen molar-refractivity contribution in [3.63, 3.8) is 0 Å². The lowest BCUT2D eigenvalue weighted by molar-refractivity contribution is -0.115. The Hall–Kier alpha value is -2.39. The second kappa shape index (κ2) is 8.74. The molecule has 1 aromatic carbocycles. The van der Waals surface area contributed by atoms with E-state index in [1.54, 1.807) is 7.11 Å². The zero-order valence-electron chi connectivity index (χ0n) is 16.5. The van der Waals surface area contributed by atoms with E-state index in [4.69, 9.17) is 4.74 Å². The number of amides is 1. The van der Waals surface area contributed by atoms with Crippen LogP contribution in [0.15, 0.2) is 29.4 Å². The molecule has 2 aromatic heterocycles. The highest BCUT2D eigenvalue weighted by atomic mass is 32.2. The second-order valence-corrected chi connectivity index (χ2v) is 8.67. The molecule has 148 valence electrons. The molecule has 0 aliphatic carbocycles. The van der Waals surface area contributed by atoms with E-state index < -0.39 is 0 Å². The van der Waals surface area contributed by atoms with Gasteiger partial charge < -0.3 is 14.6 Å². The van der Waals surface area contributed by atoms with E-state index in [-0.39, 0.29) is 11.2 Å². The predicted octanol–water partition coefficient (Wildman–Crippen LogP) is 4.17. The predicted molar refractivity (Wildman–Crippen MR) is 113 cm³/mol. The lowest BCUT2D eigenvalue weighted by atomic mass is 10.2. The van der Waals surface area contributed by atoms with Crippen molar-refractivity contribution in [3.8, 4) is 17.1 Å². The number of ether oxygens (including phenoxy) is 1. The van der Waals surface area contributed by atoms with Crippen LogP contribution in [0.5, 0.6) is 5.75 Å². The van der Waals surface area contributed by atoms with Gasteiger partial charge in [-0.15, -0.1) is 21.5 Å². The Kier molecular flexibility index (Phi) is 6.35. The number of rotatable bonds is 7. The van der Waals surface area contributed by atoms with E-state index in [1.807, 2.05) is 56.5 Å². The first kappa shape index (κ1) is 20.3. The summed E-state index contributed by atoms with van der Waals surface area (Å²) in [7, 11) is 1.63. The molecule has 0 saturated heterocycles. The van der Waals surface area contributed by atoms with Crippen molar-refractivity contribution in [1.29, 1.82) is 0 Å².